The van der Waals surface area contributed by atoms with E-state index in [-0.39, 0.29) is 5.75 Å². The van der Waals surface area contributed by atoms with E-state index in [9.17, 15) is 8.42 Å². The molecule has 0 amide bonds. The molecule has 1 N–H and O–H groups in total. The van der Waals surface area contributed by atoms with Crippen molar-refractivity contribution in [3.63, 3.8) is 0 Å². The SMILES string of the molecule is CNCC(CCCS(C)(=O)=O)Cc1ccccc1Br. The quantitative estimate of drug-likeness (QED) is 0.786. The van der Waals surface area contributed by atoms with Crippen LogP contribution in [0.25, 0.3) is 0 Å². The lowest BCUT2D eigenvalue weighted by molar-refractivity contribution is 0.454. The molecule has 0 saturated carbocycles. The molecule has 1 aromatic carbocycles. The van der Waals surface area contributed by atoms with E-state index < -0.39 is 9.84 Å². The molecule has 3 nitrogen and oxygen atoms in total. The van der Waals surface area contributed by atoms with Gasteiger partial charge in [-0.05, 0) is 50.4 Å². The highest BCUT2D eigenvalue weighted by molar-refractivity contribution is 9.10. The molecule has 0 bridgehead atoms. The molecule has 0 aromatic heterocycles. The normalized spacial score (nSPS) is 13.4. The lowest BCUT2D eigenvalue weighted by Crippen LogP contribution is -2.21. The Labute approximate surface area is 124 Å². The van der Waals surface area contributed by atoms with Crippen LogP contribution in [-0.2, 0) is 16.3 Å². The first kappa shape index (κ1) is 16.7. The Hall–Kier alpha value is -0.390. The van der Waals surface area contributed by atoms with Crippen LogP contribution in [0.4, 0.5) is 0 Å². The maximum Gasteiger partial charge on any atom is 0.147 e. The largest absolute Gasteiger partial charge is 0.319 e. The Balaban J connectivity index is 2.55. The third-order valence-electron chi connectivity index (χ3n) is 3.09. The van der Waals surface area contributed by atoms with Crippen molar-refractivity contribution >= 4 is 25.8 Å². The van der Waals surface area contributed by atoms with Crippen LogP contribution in [0.5, 0.6) is 0 Å². The second-order valence-corrected chi connectivity index (χ2v) is 8.11. The van der Waals surface area contributed by atoms with Gasteiger partial charge in [-0.3, -0.25) is 0 Å². The molecule has 0 aliphatic rings. The van der Waals surface area contributed by atoms with Gasteiger partial charge in [-0.1, -0.05) is 34.1 Å². The van der Waals surface area contributed by atoms with Gasteiger partial charge in [-0.15, -0.1) is 0 Å². The minimum absolute atomic E-state index is 0.281. The minimum Gasteiger partial charge on any atom is -0.319 e. The molecule has 0 aliphatic heterocycles. The Morgan fingerprint density at radius 3 is 2.58 bits per heavy atom. The lowest BCUT2D eigenvalue weighted by Gasteiger charge is -2.17. The lowest BCUT2D eigenvalue weighted by atomic mass is 9.95. The summed E-state index contributed by atoms with van der Waals surface area (Å²) in [6, 6.07) is 8.20. The van der Waals surface area contributed by atoms with Crippen molar-refractivity contribution in [3.8, 4) is 0 Å². The average molecular weight is 348 g/mol. The van der Waals surface area contributed by atoms with Crippen LogP contribution in [0.15, 0.2) is 28.7 Å². The third-order valence-corrected chi connectivity index (χ3v) is 4.89. The van der Waals surface area contributed by atoms with Gasteiger partial charge in [0, 0.05) is 16.5 Å². The predicted molar refractivity (Wildman–Crippen MR) is 84.2 cm³/mol. The number of halogens is 1. The van der Waals surface area contributed by atoms with Crippen LogP contribution in [-0.4, -0.2) is 34.0 Å². The van der Waals surface area contributed by atoms with Crippen LogP contribution in [0, 0.1) is 5.92 Å². The molecule has 5 heteroatoms. The molecule has 1 aromatic rings. The van der Waals surface area contributed by atoms with Crippen LogP contribution in [0.2, 0.25) is 0 Å². The highest BCUT2D eigenvalue weighted by atomic mass is 79.9. The number of nitrogens with one attached hydrogen (secondary N) is 1. The summed E-state index contributed by atoms with van der Waals surface area (Å²) in [5, 5.41) is 3.19. The van der Waals surface area contributed by atoms with Crippen LogP contribution >= 0.6 is 15.9 Å². The molecule has 108 valence electrons. The predicted octanol–water partition coefficient (Wildman–Crippen LogP) is 2.65. The number of hydrogen-bond acceptors (Lipinski definition) is 3. The first-order valence-electron chi connectivity index (χ1n) is 6.48. The third kappa shape index (κ3) is 7.09. The highest BCUT2D eigenvalue weighted by Crippen LogP contribution is 2.21. The zero-order chi connectivity index (χ0) is 14.3. The number of rotatable bonds is 8. The van der Waals surface area contributed by atoms with Crippen molar-refractivity contribution in [3.05, 3.63) is 34.3 Å². The Bertz CT molecular complexity index is 488. The molecule has 0 aliphatic carbocycles. The number of hydrogen-bond donors (Lipinski definition) is 1. The van der Waals surface area contributed by atoms with E-state index in [1.165, 1.54) is 11.8 Å². The van der Waals surface area contributed by atoms with Gasteiger partial charge >= 0.3 is 0 Å². The van der Waals surface area contributed by atoms with E-state index >= 15 is 0 Å². The summed E-state index contributed by atoms with van der Waals surface area (Å²) in [7, 11) is -0.911. The number of benzene rings is 1. The monoisotopic (exact) mass is 347 g/mol. The van der Waals surface area contributed by atoms with E-state index in [1.54, 1.807) is 0 Å². The summed E-state index contributed by atoms with van der Waals surface area (Å²) < 4.78 is 23.4. The van der Waals surface area contributed by atoms with Gasteiger partial charge in [0.05, 0.1) is 0 Å². The fourth-order valence-electron chi connectivity index (χ4n) is 2.17. The average Bonchev–Trinajstić information content (AvgIpc) is 2.30. The van der Waals surface area contributed by atoms with Gasteiger partial charge in [0.1, 0.15) is 9.84 Å². The number of sulfone groups is 1. The molecular formula is C14H22BrNO2S. The summed E-state index contributed by atoms with van der Waals surface area (Å²) in [5.74, 6) is 0.744. The Morgan fingerprint density at radius 2 is 2.00 bits per heavy atom. The van der Waals surface area contributed by atoms with Crippen molar-refractivity contribution in [1.29, 1.82) is 0 Å². The zero-order valence-corrected chi connectivity index (χ0v) is 13.9. The van der Waals surface area contributed by atoms with E-state index in [0.29, 0.717) is 5.92 Å². The van der Waals surface area contributed by atoms with Crippen LogP contribution < -0.4 is 5.32 Å². The summed E-state index contributed by atoms with van der Waals surface area (Å²) in [6.07, 6.45) is 3.92. The first-order valence-corrected chi connectivity index (χ1v) is 9.33. The molecule has 0 saturated heterocycles. The Kier molecular flexibility index (Phi) is 7.04. The van der Waals surface area contributed by atoms with Crippen molar-refractivity contribution in [2.45, 2.75) is 19.3 Å². The smallest absolute Gasteiger partial charge is 0.147 e. The van der Waals surface area contributed by atoms with Gasteiger partial charge in [-0.25, -0.2) is 8.42 Å². The van der Waals surface area contributed by atoms with Crippen molar-refractivity contribution < 1.29 is 8.42 Å². The second kappa shape index (κ2) is 8.02. The van der Waals surface area contributed by atoms with Crippen molar-refractivity contribution in [2.24, 2.45) is 5.92 Å². The molecule has 1 unspecified atom stereocenters. The van der Waals surface area contributed by atoms with Crippen molar-refractivity contribution in [2.75, 3.05) is 25.6 Å². The maximum atomic E-state index is 11.2. The molecule has 1 rings (SSSR count). The van der Waals surface area contributed by atoms with E-state index in [1.807, 2.05) is 25.2 Å². The Morgan fingerprint density at radius 1 is 1.32 bits per heavy atom. The van der Waals surface area contributed by atoms with Crippen LogP contribution in [0.3, 0.4) is 0 Å². The summed E-state index contributed by atoms with van der Waals surface area (Å²) in [5.41, 5.74) is 1.28. The van der Waals surface area contributed by atoms with Crippen molar-refractivity contribution in [1.82, 2.24) is 5.32 Å². The van der Waals surface area contributed by atoms with Gasteiger partial charge in [-0.2, -0.15) is 0 Å². The molecule has 1 atom stereocenters. The molecule has 19 heavy (non-hydrogen) atoms. The fraction of sp³-hybridized carbons (Fsp3) is 0.571. The van der Waals surface area contributed by atoms with Gasteiger partial charge < -0.3 is 5.32 Å². The summed E-state index contributed by atoms with van der Waals surface area (Å²) in [4.78, 5) is 0. The van der Waals surface area contributed by atoms with Crippen LogP contribution in [0.1, 0.15) is 18.4 Å². The van der Waals surface area contributed by atoms with Gasteiger partial charge in [0.25, 0.3) is 0 Å². The maximum absolute atomic E-state index is 11.2. The van der Waals surface area contributed by atoms with Gasteiger partial charge in [0.2, 0.25) is 0 Å². The first-order chi connectivity index (χ1) is 8.92. The zero-order valence-electron chi connectivity index (χ0n) is 11.5. The second-order valence-electron chi connectivity index (χ2n) is 4.99. The standard InChI is InChI=1S/C14H22BrNO2S/c1-16-11-12(6-5-9-19(2,17)18)10-13-7-3-4-8-14(13)15/h3-4,7-8,12,16H,5-6,9-11H2,1-2H3. The van der Waals surface area contributed by atoms with E-state index in [2.05, 4.69) is 27.3 Å². The van der Waals surface area contributed by atoms with Gasteiger partial charge in [0.15, 0.2) is 0 Å². The molecule has 0 fully saturated rings. The molecule has 0 heterocycles. The molecule has 0 radical (unpaired) electrons. The molecule has 0 spiro atoms. The summed E-state index contributed by atoms with van der Waals surface area (Å²) in [6.45, 7) is 0.908. The topological polar surface area (TPSA) is 46.2 Å². The van der Waals surface area contributed by atoms with E-state index in [0.717, 1.165) is 30.3 Å². The van der Waals surface area contributed by atoms with E-state index in [4.69, 9.17) is 0 Å². The minimum atomic E-state index is -2.85. The highest BCUT2D eigenvalue weighted by Gasteiger charge is 2.12. The molecular weight excluding hydrogens is 326 g/mol. The summed E-state index contributed by atoms with van der Waals surface area (Å²) >= 11 is 3.56. The fourth-order valence-corrected chi connectivity index (χ4v) is 3.31.